The molecule has 1 aliphatic carbocycles. The van der Waals surface area contributed by atoms with Crippen molar-refractivity contribution in [3.63, 3.8) is 0 Å². The van der Waals surface area contributed by atoms with Crippen molar-refractivity contribution in [1.29, 1.82) is 0 Å². The van der Waals surface area contributed by atoms with Gasteiger partial charge in [-0.25, -0.2) is 0 Å². The summed E-state index contributed by atoms with van der Waals surface area (Å²) in [4.78, 5) is 35.0. The minimum absolute atomic E-state index is 0.0810. The Morgan fingerprint density at radius 3 is 1.95 bits per heavy atom. The number of carbonyl (C=O) groups excluding carboxylic acids is 3. The summed E-state index contributed by atoms with van der Waals surface area (Å²) < 4.78 is 9.85. The Morgan fingerprint density at radius 2 is 1.50 bits per heavy atom. The van der Waals surface area contributed by atoms with Crippen LogP contribution in [0.1, 0.15) is 52.9 Å². The number of ether oxygens (including phenoxy) is 2. The second kappa shape index (κ2) is 6.86. The summed E-state index contributed by atoms with van der Waals surface area (Å²) in [5.74, 6) is -1.00. The second-order valence-corrected chi connectivity index (χ2v) is 6.30. The maximum atomic E-state index is 12.0. The zero-order valence-electron chi connectivity index (χ0n) is 12.7. The van der Waals surface area contributed by atoms with Crippen molar-refractivity contribution in [3.8, 4) is 0 Å². The highest BCUT2D eigenvalue weighted by Gasteiger charge is 2.31. The lowest BCUT2D eigenvalue weighted by Crippen LogP contribution is -2.30. The van der Waals surface area contributed by atoms with Gasteiger partial charge in [0.15, 0.2) is 0 Å². The summed E-state index contributed by atoms with van der Waals surface area (Å²) in [6.07, 6.45) is 2.41. The SMILES string of the molecule is COC(=O)C1CCC(C(=O)CC(=O)OC(C)(C)C)CC1. The zero-order valence-corrected chi connectivity index (χ0v) is 12.7. The minimum atomic E-state index is -0.570. The average Bonchev–Trinajstić information content (AvgIpc) is 2.35. The molecule has 0 bridgehead atoms. The molecule has 0 saturated heterocycles. The molecule has 1 aliphatic rings. The third kappa shape index (κ3) is 5.31. The van der Waals surface area contributed by atoms with Gasteiger partial charge in [-0.2, -0.15) is 0 Å². The molecule has 0 amide bonds. The van der Waals surface area contributed by atoms with Gasteiger partial charge in [0.1, 0.15) is 17.8 Å². The standard InChI is InChI=1S/C15H24O5/c1-15(2,3)20-13(17)9-12(16)10-5-7-11(8-6-10)14(18)19-4/h10-11H,5-9H2,1-4H3. The molecule has 1 rings (SSSR count). The Morgan fingerprint density at radius 1 is 1.00 bits per heavy atom. The van der Waals surface area contributed by atoms with Gasteiger partial charge in [0.05, 0.1) is 13.0 Å². The summed E-state index contributed by atoms with van der Waals surface area (Å²) >= 11 is 0. The van der Waals surface area contributed by atoms with Gasteiger partial charge in [-0.15, -0.1) is 0 Å². The van der Waals surface area contributed by atoms with E-state index in [9.17, 15) is 14.4 Å². The van der Waals surface area contributed by atoms with Crippen LogP contribution in [0.5, 0.6) is 0 Å². The Balaban J connectivity index is 2.40. The zero-order chi connectivity index (χ0) is 15.3. The lowest BCUT2D eigenvalue weighted by atomic mass is 9.79. The Bertz CT molecular complexity index is 372. The number of hydrogen-bond donors (Lipinski definition) is 0. The third-order valence-corrected chi connectivity index (χ3v) is 3.46. The van der Waals surface area contributed by atoms with E-state index < -0.39 is 11.6 Å². The maximum absolute atomic E-state index is 12.0. The van der Waals surface area contributed by atoms with E-state index in [1.807, 2.05) is 0 Å². The minimum Gasteiger partial charge on any atom is -0.469 e. The van der Waals surface area contributed by atoms with Crippen molar-refractivity contribution in [2.75, 3.05) is 7.11 Å². The van der Waals surface area contributed by atoms with Crippen LogP contribution in [0.25, 0.3) is 0 Å². The van der Waals surface area contributed by atoms with Gasteiger partial charge in [-0.05, 0) is 46.5 Å². The molecule has 114 valence electrons. The van der Waals surface area contributed by atoms with E-state index in [-0.39, 0.29) is 30.0 Å². The maximum Gasteiger partial charge on any atom is 0.313 e. The van der Waals surface area contributed by atoms with Crippen LogP contribution >= 0.6 is 0 Å². The molecular weight excluding hydrogens is 260 g/mol. The van der Waals surface area contributed by atoms with E-state index in [0.717, 1.165) is 0 Å². The van der Waals surface area contributed by atoms with Gasteiger partial charge < -0.3 is 9.47 Å². The van der Waals surface area contributed by atoms with Gasteiger partial charge in [0, 0.05) is 5.92 Å². The first-order chi connectivity index (χ1) is 9.23. The first-order valence-electron chi connectivity index (χ1n) is 7.05. The molecule has 0 aromatic carbocycles. The first kappa shape index (κ1) is 16.7. The van der Waals surface area contributed by atoms with Gasteiger partial charge in [-0.1, -0.05) is 0 Å². The Hall–Kier alpha value is -1.39. The average molecular weight is 284 g/mol. The van der Waals surface area contributed by atoms with Gasteiger partial charge in [0.25, 0.3) is 0 Å². The molecular formula is C15H24O5. The number of methoxy groups -OCH3 is 1. The second-order valence-electron chi connectivity index (χ2n) is 6.30. The van der Waals surface area contributed by atoms with Crippen molar-refractivity contribution < 1.29 is 23.9 Å². The van der Waals surface area contributed by atoms with Crippen LogP contribution in [-0.4, -0.2) is 30.4 Å². The predicted molar refractivity (Wildman–Crippen MR) is 72.9 cm³/mol. The van der Waals surface area contributed by atoms with E-state index in [1.54, 1.807) is 20.8 Å². The van der Waals surface area contributed by atoms with Gasteiger partial charge in [-0.3, -0.25) is 14.4 Å². The molecule has 0 atom stereocenters. The van der Waals surface area contributed by atoms with E-state index in [2.05, 4.69) is 0 Å². The van der Waals surface area contributed by atoms with Crippen LogP contribution in [0.4, 0.5) is 0 Å². The summed E-state index contributed by atoms with van der Waals surface area (Å²) in [6, 6.07) is 0. The van der Waals surface area contributed by atoms with Crippen LogP contribution in [0.15, 0.2) is 0 Å². The monoisotopic (exact) mass is 284 g/mol. The molecule has 0 heterocycles. The molecule has 0 aliphatic heterocycles. The first-order valence-corrected chi connectivity index (χ1v) is 7.05. The molecule has 20 heavy (non-hydrogen) atoms. The molecule has 0 aromatic heterocycles. The summed E-state index contributed by atoms with van der Waals surface area (Å²) in [6.45, 7) is 5.32. The summed E-state index contributed by atoms with van der Waals surface area (Å²) in [7, 11) is 1.38. The van der Waals surface area contributed by atoms with E-state index >= 15 is 0 Å². The van der Waals surface area contributed by atoms with E-state index in [0.29, 0.717) is 25.7 Å². The highest BCUT2D eigenvalue weighted by atomic mass is 16.6. The molecule has 5 nitrogen and oxygen atoms in total. The number of ketones is 1. The molecule has 0 radical (unpaired) electrons. The number of carbonyl (C=O) groups is 3. The topological polar surface area (TPSA) is 69.7 Å². The van der Waals surface area contributed by atoms with Crippen molar-refractivity contribution in [2.24, 2.45) is 11.8 Å². The molecule has 0 spiro atoms. The number of hydrogen-bond acceptors (Lipinski definition) is 5. The van der Waals surface area contributed by atoms with Crippen molar-refractivity contribution >= 4 is 17.7 Å². The highest BCUT2D eigenvalue weighted by molar-refractivity contribution is 5.97. The van der Waals surface area contributed by atoms with Crippen LogP contribution in [0.3, 0.4) is 0 Å². The molecule has 0 N–H and O–H groups in total. The molecule has 0 unspecified atom stereocenters. The number of rotatable bonds is 4. The normalized spacial score (nSPS) is 23.0. The van der Waals surface area contributed by atoms with Crippen molar-refractivity contribution in [3.05, 3.63) is 0 Å². The quantitative estimate of drug-likeness (QED) is 0.585. The van der Waals surface area contributed by atoms with E-state index in [4.69, 9.17) is 9.47 Å². The van der Waals surface area contributed by atoms with Crippen LogP contribution in [-0.2, 0) is 23.9 Å². The molecule has 1 saturated carbocycles. The van der Waals surface area contributed by atoms with E-state index in [1.165, 1.54) is 7.11 Å². The lowest BCUT2D eigenvalue weighted by molar-refractivity contribution is -0.157. The fourth-order valence-corrected chi connectivity index (χ4v) is 2.48. The number of Topliss-reactive ketones (excluding diaryl/α,β-unsaturated/α-hetero) is 1. The summed E-state index contributed by atoms with van der Waals surface area (Å²) in [5.41, 5.74) is -0.570. The van der Waals surface area contributed by atoms with Crippen molar-refractivity contribution in [2.45, 2.75) is 58.5 Å². The molecule has 1 fully saturated rings. The van der Waals surface area contributed by atoms with Gasteiger partial charge >= 0.3 is 11.9 Å². The number of esters is 2. The Kier molecular flexibility index (Phi) is 5.72. The Labute approximate surface area is 120 Å². The smallest absolute Gasteiger partial charge is 0.313 e. The summed E-state index contributed by atoms with van der Waals surface area (Å²) in [5, 5.41) is 0. The van der Waals surface area contributed by atoms with Crippen LogP contribution in [0, 0.1) is 11.8 Å². The van der Waals surface area contributed by atoms with Gasteiger partial charge in [0.2, 0.25) is 0 Å². The predicted octanol–water partition coefficient (Wildman–Crippen LogP) is 2.27. The van der Waals surface area contributed by atoms with Crippen molar-refractivity contribution in [1.82, 2.24) is 0 Å². The third-order valence-electron chi connectivity index (χ3n) is 3.46. The fraction of sp³-hybridized carbons (Fsp3) is 0.800. The lowest BCUT2D eigenvalue weighted by Gasteiger charge is -2.26. The largest absolute Gasteiger partial charge is 0.469 e. The molecule has 5 heteroatoms. The van der Waals surface area contributed by atoms with Crippen LogP contribution in [0.2, 0.25) is 0 Å². The highest BCUT2D eigenvalue weighted by Crippen LogP contribution is 2.30. The van der Waals surface area contributed by atoms with Crippen LogP contribution < -0.4 is 0 Å². The molecule has 0 aromatic rings. The fourth-order valence-electron chi connectivity index (χ4n) is 2.48.